The van der Waals surface area contributed by atoms with E-state index < -0.39 is 11.7 Å². The fourth-order valence-electron chi connectivity index (χ4n) is 7.45. The number of para-hydroxylation sites is 1. The number of unbranched alkanes of at least 4 members (excludes halogenated alkanes) is 5. The zero-order valence-electron chi connectivity index (χ0n) is 30.2. The summed E-state index contributed by atoms with van der Waals surface area (Å²) in [6, 6.07) is 38.1. The van der Waals surface area contributed by atoms with Crippen molar-refractivity contribution >= 4 is 17.7 Å². The first kappa shape index (κ1) is 34.2. The number of hydrogen-bond donors (Lipinski definition) is 0. The van der Waals surface area contributed by atoms with E-state index in [1.165, 1.54) is 43.4 Å². The van der Waals surface area contributed by atoms with Crippen LogP contribution in [-0.2, 0) is 5.41 Å². The highest BCUT2D eigenvalue weighted by Crippen LogP contribution is 2.54. The molecule has 1 spiro atoms. The fraction of sp³-hybridized carbons (Fsp3) is 0.283. The van der Waals surface area contributed by atoms with Crippen molar-refractivity contribution in [3.05, 3.63) is 138 Å². The number of nitrogens with zero attached hydrogens (tertiary/aromatic N) is 1. The number of ether oxygens (including phenoxy) is 3. The lowest BCUT2D eigenvalue weighted by molar-refractivity contribution is 0.0582. The molecule has 0 N–H and O–H groups in total. The van der Waals surface area contributed by atoms with Gasteiger partial charge in [-0.25, -0.2) is 4.79 Å². The van der Waals surface area contributed by atoms with E-state index in [0.717, 1.165) is 52.3 Å². The SMILES string of the molecule is CCCCCCCCOc1ccc(-c2ccc(OC(=O)c3ccc(-c4ccc5c(c4)C=CC4(O5)N(C)c5ccccc5C4(C)C)cc3)cc2)cc1. The normalized spacial score (nSPS) is 16.7. The molecule has 5 nitrogen and oxygen atoms in total. The molecule has 1 atom stereocenters. The van der Waals surface area contributed by atoms with Gasteiger partial charge in [-0.2, -0.15) is 0 Å². The van der Waals surface area contributed by atoms with Crippen LogP contribution in [0.25, 0.3) is 28.3 Å². The molecule has 0 saturated heterocycles. The summed E-state index contributed by atoms with van der Waals surface area (Å²) in [7, 11) is 2.10. The van der Waals surface area contributed by atoms with Crippen molar-refractivity contribution in [2.75, 3.05) is 18.6 Å². The van der Waals surface area contributed by atoms with E-state index in [4.69, 9.17) is 14.2 Å². The molecule has 5 aromatic rings. The van der Waals surface area contributed by atoms with E-state index in [0.29, 0.717) is 11.3 Å². The second-order valence-corrected chi connectivity index (χ2v) is 14.2. The summed E-state index contributed by atoms with van der Waals surface area (Å²) in [4.78, 5) is 15.3. The predicted octanol–water partition coefficient (Wildman–Crippen LogP) is 11.5. The average Bonchev–Trinajstić information content (AvgIpc) is 3.32. The van der Waals surface area contributed by atoms with Gasteiger partial charge in [0, 0.05) is 18.3 Å². The van der Waals surface area contributed by atoms with Crippen molar-refractivity contribution in [1.82, 2.24) is 0 Å². The van der Waals surface area contributed by atoms with Crippen LogP contribution < -0.4 is 19.1 Å². The Hall–Kier alpha value is -5.29. The van der Waals surface area contributed by atoms with Crippen molar-refractivity contribution in [2.24, 2.45) is 0 Å². The van der Waals surface area contributed by atoms with Crippen molar-refractivity contribution in [3.63, 3.8) is 0 Å². The van der Waals surface area contributed by atoms with Gasteiger partial charge in [-0.15, -0.1) is 0 Å². The van der Waals surface area contributed by atoms with Gasteiger partial charge < -0.3 is 19.1 Å². The summed E-state index contributed by atoms with van der Waals surface area (Å²) in [6.07, 6.45) is 11.9. The number of carbonyl (C=O) groups excluding carboxylic acids is 1. The smallest absolute Gasteiger partial charge is 0.343 e. The van der Waals surface area contributed by atoms with E-state index in [2.05, 4.69) is 93.4 Å². The summed E-state index contributed by atoms with van der Waals surface area (Å²) in [5.74, 6) is 1.86. The quantitative estimate of drug-likeness (QED) is 0.0747. The molecule has 0 saturated carbocycles. The molecule has 0 aliphatic carbocycles. The van der Waals surface area contributed by atoms with Gasteiger partial charge in [0.15, 0.2) is 0 Å². The minimum atomic E-state index is -0.610. The third-order valence-electron chi connectivity index (χ3n) is 10.6. The standard InChI is InChI=1S/C46H47NO4/c1-5-6-7-8-9-12-31-49-39-24-19-33(20-25-39)34-21-26-40(27-22-34)50-44(48)36-17-15-35(16-18-36)37-23-28-43-38(32-37)29-30-46(51-43)45(2,3)41-13-10-11-14-42(41)47(46)4/h10-11,13-30,32H,5-9,12,31H2,1-4H3. The number of fused-ring (bicyclic) bond motifs is 2. The van der Waals surface area contributed by atoms with E-state index in [-0.39, 0.29) is 5.41 Å². The highest BCUT2D eigenvalue weighted by molar-refractivity contribution is 5.92. The molecule has 5 aromatic carbocycles. The molecule has 0 amide bonds. The molecule has 2 heterocycles. The largest absolute Gasteiger partial charge is 0.494 e. The van der Waals surface area contributed by atoms with Crippen LogP contribution in [0.15, 0.2) is 121 Å². The Kier molecular flexibility index (Phi) is 9.73. The Morgan fingerprint density at radius 3 is 2.02 bits per heavy atom. The lowest BCUT2D eigenvalue weighted by Crippen LogP contribution is -2.58. The van der Waals surface area contributed by atoms with Gasteiger partial charge in [0.05, 0.1) is 17.6 Å². The molecule has 1 unspecified atom stereocenters. The first-order valence-electron chi connectivity index (χ1n) is 18.3. The maximum atomic E-state index is 13.0. The highest BCUT2D eigenvalue weighted by atomic mass is 16.5. The minimum absolute atomic E-state index is 0.244. The lowest BCUT2D eigenvalue weighted by Gasteiger charge is -2.45. The molecule has 2 aliphatic rings. The number of rotatable bonds is 12. The van der Waals surface area contributed by atoms with Crippen LogP contribution in [0.2, 0.25) is 0 Å². The van der Waals surface area contributed by atoms with E-state index in [1.54, 1.807) is 0 Å². The van der Waals surface area contributed by atoms with Crippen LogP contribution >= 0.6 is 0 Å². The third kappa shape index (κ3) is 6.78. The van der Waals surface area contributed by atoms with Crippen LogP contribution in [0.4, 0.5) is 5.69 Å². The molecule has 0 bridgehead atoms. The highest BCUT2D eigenvalue weighted by Gasteiger charge is 2.57. The summed E-state index contributed by atoms with van der Waals surface area (Å²) in [6.45, 7) is 7.48. The van der Waals surface area contributed by atoms with Crippen molar-refractivity contribution < 1.29 is 19.0 Å². The van der Waals surface area contributed by atoms with E-state index in [9.17, 15) is 4.79 Å². The van der Waals surface area contributed by atoms with Crippen LogP contribution in [0, 0.1) is 0 Å². The number of carbonyl (C=O) groups is 1. The van der Waals surface area contributed by atoms with Gasteiger partial charge in [-0.3, -0.25) is 0 Å². The fourth-order valence-corrected chi connectivity index (χ4v) is 7.45. The summed E-state index contributed by atoms with van der Waals surface area (Å²) < 4.78 is 18.5. The molecule has 7 rings (SSSR count). The Balaban J connectivity index is 0.947. The zero-order valence-corrected chi connectivity index (χ0v) is 30.2. The molecule has 0 radical (unpaired) electrons. The number of anilines is 1. The van der Waals surface area contributed by atoms with Gasteiger partial charge in [0.1, 0.15) is 17.2 Å². The third-order valence-corrected chi connectivity index (χ3v) is 10.6. The topological polar surface area (TPSA) is 48.0 Å². The van der Waals surface area contributed by atoms with Crippen molar-refractivity contribution in [1.29, 1.82) is 0 Å². The molecule has 51 heavy (non-hydrogen) atoms. The second-order valence-electron chi connectivity index (χ2n) is 14.2. The lowest BCUT2D eigenvalue weighted by atomic mass is 9.76. The predicted molar refractivity (Wildman–Crippen MR) is 208 cm³/mol. The molecule has 0 aromatic heterocycles. The van der Waals surface area contributed by atoms with E-state index >= 15 is 0 Å². The van der Waals surface area contributed by atoms with Crippen molar-refractivity contribution in [3.8, 4) is 39.5 Å². The summed E-state index contributed by atoms with van der Waals surface area (Å²) in [5.41, 5.74) is 7.32. The van der Waals surface area contributed by atoms with Crippen LogP contribution in [-0.4, -0.2) is 25.3 Å². The zero-order chi connectivity index (χ0) is 35.4. The maximum Gasteiger partial charge on any atom is 0.343 e. The van der Waals surface area contributed by atoms with E-state index in [1.807, 2.05) is 66.7 Å². The number of esters is 1. The average molecular weight is 678 g/mol. The molecule has 260 valence electrons. The maximum absolute atomic E-state index is 13.0. The van der Waals surface area contributed by atoms with Crippen LogP contribution in [0.1, 0.15) is 80.8 Å². The van der Waals surface area contributed by atoms with Crippen LogP contribution in [0.5, 0.6) is 17.2 Å². The summed E-state index contributed by atoms with van der Waals surface area (Å²) in [5, 5.41) is 0. The molecule has 2 aliphatic heterocycles. The monoisotopic (exact) mass is 677 g/mol. The summed E-state index contributed by atoms with van der Waals surface area (Å²) >= 11 is 0. The first-order chi connectivity index (χ1) is 24.8. The van der Waals surface area contributed by atoms with Gasteiger partial charge in [0.25, 0.3) is 0 Å². The van der Waals surface area contributed by atoms with Crippen molar-refractivity contribution in [2.45, 2.75) is 70.4 Å². The van der Waals surface area contributed by atoms with Gasteiger partial charge in [0.2, 0.25) is 5.72 Å². The Morgan fingerprint density at radius 1 is 0.706 bits per heavy atom. The molecule has 5 heteroatoms. The first-order valence-corrected chi connectivity index (χ1v) is 18.3. The van der Waals surface area contributed by atoms with Gasteiger partial charge in [-0.05, 0) is 115 Å². The van der Waals surface area contributed by atoms with Gasteiger partial charge >= 0.3 is 5.97 Å². The van der Waals surface area contributed by atoms with Gasteiger partial charge in [-0.1, -0.05) is 99.7 Å². The van der Waals surface area contributed by atoms with Crippen LogP contribution in [0.3, 0.4) is 0 Å². The molecule has 0 fully saturated rings. The second kappa shape index (κ2) is 14.5. The molecular weight excluding hydrogens is 631 g/mol. The number of hydrogen-bond acceptors (Lipinski definition) is 5. The Morgan fingerprint density at radius 2 is 1.31 bits per heavy atom. The number of likely N-dealkylation sites (N-methyl/N-ethyl adjacent to an activating group) is 1. The Bertz CT molecular complexity index is 2010. The number of benzene rings is 5. The molecular formula is C46H47NO4. The minimum Gasteiger partial charge on any atom is -0.494 e. The Labute approximate surface area is 302 Å².